The molecule has 20 heavy (non-hydrogen) atoms. The van der Waals surface area contributed by atoms with Crippen molar-refractivity contribution in [3.8, 4) is 11.1 Å². The zero-order chi connectivity index (χ0) is 14.2. The van der Waals surface area contributed by atoms with Gasteiger partial charge in [0.15, 0.2) is 0 Å². The van der Waals surface area contributed by atoms with Crippen LogP contribution in [0.3, 0.4) is 0 Å². The average molecular weight is 269 g/mol. The third-order valence-corrected chi connectivity index (χ3v) is 3.66. The Balaban J connectivity index is 1.89. The van der Waals surface area contributed by atoms with Gasteiger partial charge < -0.3 is 10.4 Å². The lowest BCUT2D eigenvalue weighted by Gasteiger charge is -2.12. The fourth-order valence-corrected chi connectivity index (χ4v) is 2.20. The SMILES string of the molecule is CCC(CO)CNCc1ccc(-c2ccccc2)cc1. The fraction of sp³-hybridized carbons (Fsp3) is 0.333. The van der Waals surface area contributed by atoms with Gasteiger partial charge in [0.25, 0.3) is 0 Å². The lowest BCUT2D eigenvalue weighted by Crippen LogP contribution is -2.24. The van der Waals surface area contributed by atoms with Crippen LogP contribution in [0.2, 0.25) is 0 Å². The van der Waals surface area contributed by atoms with E-state index in [4.69, 9.17) is 5.11 Å². The van der Waals surface area contributed by atoms with Crippen LogP contribution in [-0.4, -0.2) is 18.3 Å². The van der Waals surface area contributed by atoms with Gasteiger partial charge in [-0.3, -0.25) is 0 Å². The molecule has 2 aromatic rings. The Morgan fingerprint density at radius 2 is 1.60 bits per heavy atom. The first-order valence-electron chi connectivity index (χ1n) is 7.29. The maximum absolute atomic E-state index is 9.15. The van der Waals surface area contributed by atoms with Crippen molar-refractivity contribution in [2.75, 3.05) is 13.2 Å². The van der Waals surface area contributed by atoms with Crippen molar-refractivity contribution in [1.29, 1.82) is 0 Å². The minimum atomic E-state index is 0.260. The fourth-order valence-electron chi connectivity index (χ4n) is 2.20. The van der Waals surface area contributed by atoms with E-state index in [1.807, 2.05) is 6.07 Å². The first kappa shape index (κ1) is 14.8. The lowest BCUT2D eigenvalue weighted by atomic mass is 10.0. The summed E-state index contributed by atoms with van der Waals surface area (Å²) in [4.78, 5) is 0. The smallest absolute Gasteiger partial charge is 0.0471 e. The van der Waals surface area contributed by atoms with Crippen LogP contribution in [0.1, 0.15) is 18.9 Å². The number of hydrogen-bond donors (Lipinski definition) is 2. The van der Waals surface area contributed by atoms with Crippen molar-refractivity contribution in [3.05, 3.63) is 60.2 Å². The van der Waals surface area contributed by atoms with Crippen LogP contribution in [0, 0.1) is 5.92 Å². The predicted molar refractivity (Wildman–Crippen MR) is 84.5 cm³/mol. The second kappa shape index (κ2) is 7.83. The van der Waals surface area contributed by atoms with E-state index in [1.54, 1.807) is 0 Å². The van der Waals surface area contributed by atoms with Crippen LogP contribution in [0.5, 0.6) is 0 Å². The minimum Gasteiger partial charge on any atom is -0.396 e. The van der Waals surface area contributed by atoms with Gasteiger partial charge in [0.05, 0.1) is 0 Å². The van der Waals surface area contributed by atoms with E-state index in [2.05, 4.69) is 60.8 Å². The summed E-state index contributed by atoms with van der Waals surface area (Å²) < 4.78 is 0. The van der Waals surface area contributed by atoms with E-state index >= 15 is 0 Å². The number of aliphatic hydroxyl groups excluding tert-OH is 1. The van der Waals surface area contributed by atoms with Crippen molar-refractivity contribution in [2.24, 2.45) is 5.92 Å². The summed E-state index contributed by atoms with van der Waals surface area (Å²) in [7, 11) is 0. The summed E-state index contributed by atoms with van der Waals surface area (Å²) in [6, 6.07) is 19.1. The lowest BCUT2D eigenvalue weighted by molar-refractivity contribution is 0.218. The highest BCUT2D eigenvalue weighted by Gasteiger charge is 2.03. The van der Waals surface area contributed by atoms with Gasteiger partial charge in [-0.1, -0.05) is 61.5 Å². The van der Waals surface area contributed by atoms with Gasteiger partial charge in [-0.05, 0) is 29.0 Å². The number of aliphatic hydroxyl groups is 1. The molecule has 0 bridgehead atoms. The number of rotatable bonds is 7. The van der Waals surface area contributed by atoms with Gasteiger partial charge in [0, 0.05) is 19.7 Å². The van der Waals surface area contributed by atoms with E-state index in [0.717, 1.165) is 19.5 Å². The van der Waals surface area contributed by atoms with Crippen molar-refractivity contribution >= 4 is 0 Å². The highest BCUT2D eigenvalue weighted by molar-refractivity contribution is 5.63. The highest BCUT2D eigenvalue weighted by atomic mass is 16.3. The van der Waals surface area contributed by atoms with Gasteiger partial charge in [-0.2, -0.15) is 0 Å². The molecule has 0 amide bonds. The molecule has 0 heterocycles. The number of hydrogen-bond acceptors (Lipinski definition) is 2. The number of benzene rings is 2. The summed E-state index contributed by atoms with van der Waals surface area (Å²) in [6.45, 7) is 4.09. The van der Waals surface area contributed by atoms with Gasteiger partial charge >= 0.3 is 0 Å². The first-order chi connectivity index (χ1) is 9.83. The summed E-state index contributed by atoms with van der Waals surface area (Å²) in [5.41, 5.74) is 3.77. The van der Waals surface area contributed by atoms with Crippen LogP contribution < -0.4 is 5.32 Å². The standard InChI is InChI=1S/C18H23NO/c1-2-15(14-20)12-19-13-16-8-10-18(11-9-16)17-6-4-3-5-7-17/h3-11,15,19-20H,2,12-14H2,1H3. The van der Waals surface area contributed by atoms with Crippen LogP contribution in [-0.2, 0) is 6.54 Å². The van der Waals surface area contributed by atoms with Gasteiger partial charge in [-0.15, -0.1) is 0 Å². The second-order valence-corrected chi connectivity index (χ2v) is 5.15. The van der Waals surface area contributed by atoms with E-state index in [-0.39, 0.29) is 6.61 Å². The summed E-state index contributed by atoms with van der Waals surface area (Å²) in [5, 5.41) is 12.5. The van der Waals surface area contributed by atoms with Gasteiger partial charge in [-0.25, -0.2) is 0 Å². The normalized spacial score (nSPS) is 12.3. The Labute approximate surface area is 121 Å². The molecule has 2 N–H and O–H groups in total. The molecular formula is C18H23NO. The summed E-state index contributed by atoms with van der Waals surface area (Å²) in [5.74, 6) is 0.360. The quantitative estimate of drug-likeness (QED) is 0.807. The first-order valence-corrected chi connectivity index (χ1v) is 7.29. The molecule has 0 saturated heterocycles. The molecule has 1 atom stereocenters. The molecule has 0 radical (unpaired) electrons. The zero-order valence-corrected chi connectivity index (χ0v) is 12.0. The third-order valence-electron chi connectivity index (χ3n) is 3.66. The Bertz CT molecular complexity index is 489. The Kier molecular flexibility index (Phi) is 5.78. The molecule has 0 aliphatic rings. The summed E-state index contributed by atoms with van der Waals surface area (Å²) >= 11 is 0. The highest BCUT2D eigenvalue weighted by Crippen LogP contribution is 2.19. The van der Waals surface area contributed by atoms with E-state index in [1.165, 1.54) is 16.7 Å². The molecule has 0 spiro atoms. The minimum absolute atomic E-state index is 0.260. The third kappa shape index (κ3) is 4.19. The predicted octanol–water partition coefficient (Wildman–Crippen LogP) is 3.46. The molecule has 2 aromatic carbocycles. The van der Waals surface area contributed by atoms with Crippen molar-refractivity contribution in [3.63, 3.8) is 0 Å². The maximum Gasteiger partial charge on any atom is 0.0471 e. The Morgan fingerprint density at radius 3 is 2.20 bits per heavy atom. The maximum atomic E-state index is 9.15. The number of nitrogens with one attached hydrogen (secondary N) is 1. The van der Waals surface area contributed by atoms with Gasteiger partial charge in [0.1, 0.15) is 0 Å². The van der Waals surface area contributed by atoms with Crippen molar-refractivity contribution in [2.45, 2.75) is 19.9 Å². The van der Waals surface area contributed by atoms with Crippen LogP contribution in [0.15, 0.2) is 54.6 Å². The Hall–Kier alpha value is -1.64. The molecule has 0 aromatic heterocycles. The molecule has 0 fully saturated rings. The molecule has 2 nitrogen and oxygen atoms in total. The van der Waals surface area contributed by atoms with E-state index in [9.17, 15) is 0 Å². The van der Waals surface area contributed by atoms with Crippen LogP contribution >= 0.6 is 0 Å². The molecule has 2 heteroatoms. The van der Waals surface area contributed by atoms with E-state index < -0.39 is 0 Å². The van der Waals surface area contributed by atoms with Crippen molar-refractivity contribution in [1.82, 2.24) is 5.32 Å². The van der Waals surface area contributed by atoms with Crippen molar-refractivity contribution < 1.29 is 5.11 Å². The molecule has 1 unspecified atom stereocenters. The van der Waals surface area contributed by atoms with Gasteiger partial charge in [0.2, 0.25) is 0 Å². The second-order valence-electron chi connectivity index (χ2n) is 5.15. The molecular weight excluding hydrogens is 246 g/mol. The van der Waals surface area contributed by atoms with Crippen LogP contribution in [0.4, 0.5) is 0 Å². The molecule has 2 rings (SSSR count). The largest absolute Gasteiger partial charge is 0.396 e. The molecule has 0 aliphatic heterocycles. The summed E-state index contributed by atoms with van der Waals surface area (Å²) in [6.07, 6.45) is 1.01. The average Bonchev–Trinajstić information content (AvgIpc) is 2.53. The van der Waals surface area contributed by atoms with Crippen LogP contribution in [0.25, 0.3) is 11.1 Å². The zero-order valence-electron chi connectivity index (χ0n) is 12.0. The monoisotopic (exact) mass is 269 g/mol. The Morgan fingerprint density at radius 1 is 0.950 bits per heavy atom. The van der Waals surface area contributed by atoms with E-state index in [0.29, 0.717) is 5.92 Å². The molecule has 0 saturated carbocycles. The molecule has 0 aliphatic carbocycles. The topological polar surface area (TPSA) is 32.3 Å². The molecule has 106 valence electrons.